The molecule has 1 fully saturated rings. The van der Waals surface area contributed by atoms with Crippen LogP contribution in [0.2, 0.25) is 0 Å². The Balaban J connectivity index is 1.33. The highest BCUT2D eigenvalue weighted by Gasteiger charge is 2.20. The molecule has 4 heteroatoms. The third kappa shape index (κ3) is 7.71. The maximum atomic E-state index is 12.3. The molecule has 3 rings (SSSR count). The van der Waals surface area contributed by atoms with Gasteiger partial charge in [0.05, 0.1) is 23.8 Å². The number of benzene rings is 2. The van der Waals surface area contributed by atoms with Gasteiger partial charge in [0, 0.05) is 0 Å². The fraction of sp³-hybridized carbons (Fsp3) is 0.500. The monoisotopic (exact) mass is 433 g/mol. The van der Waals surface area contributed by atoms with Gasteiger partial charge in [-0.05, 0) is 73.2 Å². The van der Waals surface area contributed by atoms with Crippen molar-refractivity contribution in [3.05, 3.63) is 59.7 Å². The van der Waals surface area contributed by atoms with E-state index in [9.17, 15) is 4.79 Å². The number of hydrogen-bond acceptors (Lipinski definition) is 4. The molecule has 0 saturated heterocycles. The Hall–Kier alpha value is -2.80. The number of nitriles is 1. The van der Waals surface area contributed by atoms with E-state index in [0.717, 1.165) is 24.0 Å². The minimum atomic E-state index is -0.424. The summed E-state index contributed by atoms with van der Waals surface area (Å²) in [6.45, 7) is 2.99. The molecule has 2 aromatic rings. The molecule has 0 heterocycles. The summed E-state index contributed by atoms with van der Waals surface area (Å²) < 4.78 is 11.2. The third-order valence-corrected chi connectivity index (χ3v) is 6.49. The molecule has 0 bridgehead atoms. The van der Waals surface area contributed by atoms with Crippen LogP contribution in [0, 0.1) is 23.2 Å². The number of carbonyl (C=O) groups excluding carboxylic acids is 1. The van der Waals surface area contributed by atoms with Gasteiger partial charge in [0.15, 0.2) is 0 Å². The SMILES string of the molecule is CCCCC[C@H]1CC[C@H](CCCOc2ccc(C(=O)Oc3ccc(C#N)cc3)cc2)CC1. The molecule has 170 valence electrons. The lowest BCUT2D eigenvalue weighted by Crippen LogP contribution is -2.15. The second-order valence-electron chi connectivity index (χ2n) is 8.92. The van der Waals surface area contributed by atoms with E-state index in [1.807, 2.05) is 18.2 Å². The van der Waals surface area contributed by atoms with E-state index in [0.29, 0.717) is 23.5 Å². The Morgan fingerprint density at radius 2 is 1.47 bits per heavy atom. The lowest BCUT2D eigenvalue weighted by atomic mass is 9.78. The molecule has 32 heavy (non-hydrogen) atoms. The fourth-order valence-electron chi connectivity index (χ4n) is 4.50. The molecule has 1 aliphatic rings. The van der Waals surface area contributed by atoms with Gasteiger partial charge in [-0.15, -0.1) is 0 Å². The lowest BCUT2D eigenvalue weighted by molar-refractivity contribution is 0.0734. The first-order chi connectivity index (χ1) is 15.7. The van der Waals surface area contributed by atoms with E-state index in [2.05, 4.69) is 6.92 Å². The van der Waals surface area contributed by atoms with Crippen molar-refractivity contribution in [1.29, 1.82) is 5.26 Å². The molecule has 0 radical (unpaired) electrons. The summed E-state index contributed by atoms with van der Waals surface area (Å²) in [6.07, 6.45) is 13.5. The second-order valence-corrected chi connectivity index (χ2v) is 8.92. The number of ether oxygens (including phenoxy) is 2. The van der Waals surface area contributed by atoms with Crippen LogP contribution in [0.15, 0.2) is 48.5 Å². The van der Waals surface area contributed by atoms with Crippen LogP contribution in [-0.4, -0.2) is 12.6 Å². The third-order valence-electron chi connectivity index (χ3n) is 6.49. The van der Waals surface area contributed by atoms with Crippen LogP contribution < -0.4 is 9.47 Å². The fourth-order valence-corrected chi connectivity index (χ4v) is 4.50. The molecule has 0 atom stereocenters. The second kappa shape index (κ2) is 12.9. The predicted octanol–water partition coefficient (Wildman–Crippen LogP) is 7.32. The van der Waals surface area contributed by atoms with Gasteiger partial charge in [-0.1, -0.05) is 58.3 Å². The lowest BCUT2D eigenvalue weighted by Gasteiger charge is -2.28. The maximum Gasteiger partial charge on any atom is 0.343 e. The number of esters is 1. The molecule has 0 aliphatic heterocycles. The molecule has 2 aromatic carbocycles. The van der Waals surface area contributed by atoms with E-state index in [-0.39, 0.29) is 0 Å². The molecule has 0 amide bonds. The van der Waals surface area contributed by atoms with Crippen LogP contribution in [0.4, 0.5) is 0 Å². The average molecular weight is 434 g/mol. The van der Waals surface area contributed by atoms with Crippen molar-refractivity contribution in [3.63, 3.8) is 0 Å². The first-order valence-electron chi connectivity index (χ1n) is 12.1. The van der Waals surface area contributed by atoms with E-state index in [1.54, 1.807) is 36.4 Å². The predicted molar refractivity (Wildman–Crippen MR) is 127 cm³/mol. The molecule has 0 spiro atoms. The largest absolute Gasteiger partial charge is 0.494 e. The van der Waals surface area contributed by atoms with Crippen LogP contribution in [0.5, 0.6) is 11.5 Å². The smallest absolute Gasteiger partial charge is 0.343 e. The van der Waals surface area contributed by atoms with Crippen LogP contribution in [-0.2, 0) is 0 Å². The Kier molecular flexibility index (Phi) is 9.62. The molecular weight excluding hydrogens is 398 g/mol. The summed E-state index contributed by atoms with van der Waals surface area (Å²) >= 11 is 0. The van der Waals surface area contributed by atoms with E-state index >= 15 is 0 Å². The van der Waals surface area contributed by atoms with Crippen molar-refractivity contribution in [2.75, 3.05) is 6.61 Å². The minimum Gasteiger partial charge on any atom is -0.494 e. The van der Waals surface area contributed by atoms with Crippen molar-refractivity contribution in [2.24, 2.45) is 11.8 Å². The summed E-state index contributed by atoms with van der Waals surface area (Å²) in [5, 5.41) is 8.83. The first-order valence-corrected chi connectivity index (χ1v) is 12.1. The molecule has 0 aromatic heterocycles. The number of rotatable bonds is 11. The zero-order chi connectivity index (χ0) is 22.6. The normalized spacial score (nSPS) is 18.0. The van der Waals surface area contributed by atoms with Gasteiger partial charge in [-0.3, -0.25) is 0 Å². The topological polar surface area (TPSA) is 59.3 Å². The van der Waals surface area contributed by atoms with Gasteiger partial charge in [0.2, 0.25) is 0 Å². The number of hydrogen-bond donors (Lipinski definition) is 0. The quantitative estimate of drug-likeness (QED) is 0.211. The summed E-state index contributed by atoms with van der Waals surface area (Å²) in [5.74, 6) is 2.60. The van der Waals surface area contributed by atoms with Crippen LogP contribution in [0.3, 0.4) is 0 Å². The zero-order valence-corrected chi connectivity index (χ0v) is 19.2. The highest BCUT2D eigenvalue weighted by molar-refractivity contribution is 5.91. The maximum absolute atomic E-state index is 12.3. The number of nitrogens with zero attached hydrogens (tertiary/aromatic N) is 1. The Morgan fingerprint density at radius 1 is 0.875 bits per heavy atom. The molecule has 4 nitrogen and oxygen atoms in total. The highest BCUT2D eigenvalue weighted by atomic mass is 16.5. The van der Waals surface area contributed by atoms with Gasteiger partial charge in [0.1, 0.15) is 11.5 Å². The summed E-state index contributed by atoms with van der Waals surface area (Å²) in [4.78, 5) is 12.3. The Morgan fingerprint density at radius 3 is 2.06 bits per heavy atom. The standard InChI is InChI=1S/C28H35NO3/c1-2-3-4-6-22-8-10-23(11-9-22)7-5-20-31-26-18-14-25(15-19-26)28(30)32-27-16-12-24(21-29)13-17-27/h12-19,22-23H,2-11,20H2,1H3/t22-,23-. The number of carbonyl (C=O) groups is 1. The molecular formula is C28H35NO3. The van der Waals surface area contributed by atoms with Gasteiger partial charge in [-0.25, -0.2) is 4.79 Å². The highest BCUT2D eigenvalue weighted by Crippen LogP contribution is 2.34. The van der Waals surface area contributed by atoms with Crippen LogP contribution >= 0.6 is 0 Å². The van der Waals surface area contributed by atoms with E-state index in [4.69, 9.17) is 14.7 Å². The first kappa shape index (κ1) is 23.9. The van der Waals surface area contributed by atoms with Crippen LogP contribution in [0.25, 0.3) is 0 Å². The van der Waals surface area contributed by atoms with Gasteiger partial charge in [-0.2, -0.15) is 5.26 Å². The average Bonchev–Trinajstić information content (AvgIpc) is 2.84. The van der Waals surface area contributed by atoms with Gasteiger partial charge in [0.25, 0.3) is 0 Å². The van der Waals surface area contributed by atoms with E-state index in [1.165, 1.54) is 57.8 Å². The molecule has 1 aliphatic carbocycles. The summed E-state index contributed by atoms with van der Waals surface area (Å²) in [6, 6.07) is 15.6. The number of unbranched alkanes of at least 4 members (excludes halogenated alkanes) is 2. The van der Waals surface area contributed by atoms with Gasteiger partial charge < -0.3 is 9.47 Å². The Bertz CT molecular complexity index is 859. The molecule has 0 N–H and O–H groups in total. The van der Waals surface area contributed by atoms with Crippen molar-refractivity contribution in [1.82, 2.24) is 0 Å². The Labute approximate surface area is 192 Å². The molecule has 1 saturated carbocycles. The summed E-state index contributed by atoms with van der Waals surface area (Å²) in [7, 11) is 0. The van der Waals surface area contributed by atoms with Crippen molar-refractivity contribution in [2.45, 2.75) is 71.1 Å². The van der Waals surface area contributed by atoms with Crippen molar-refractivity contribution >= 4 is 5.97 Å². The van der Waals surface area contributed by atoms with Crippen LogP contribution in [0.1, 0.15) is 87.1 Å². The molecule has 0 unspecified atom stereocenters. The summed E-state index contributed by atoms with van der Waals surface area (Å²) in [5.41, 5.74) is 0.999. The van der Waals surface area contributed by atoms with Gasteiger partial charge >= 0.3 is 5.97 Å². The van der Waals surface area contributed by atoms with Crippen molar-refractivity contribution in [3.8, 4) is 17.6 Å². The van der Waals surface area contributed by atoms with Crippen molar-refractivity contribution < 1.29 is 14.3 Å². The zero-order valence-electron chi connectivity index (χ0n) is 19.2. The minimum absolute atomic E-state index is 0.421. The van der Waals surface area contributed by atoms with E-state index < -0.39 is 5.97 Å².